The Morgan fingerprint density at radius 1 is 1.12 bits per heavy atom. The zero-order valence-electron chi connectivity index (χ0n) is 14.9. The van der Waals surface area contributed by atoms with Crippen molar-refractivity contribution in [3.05, 3.63) is 59.3 Å². The molecule has 1 amide bonds. The van der Waals surface area contributed by atoms with Crippen molar-refractivity contribution in [2.45, 2.75) is 24.9 Å². The van der Waals surface area contributed by atoms with Crippen molar-refractivity contribution < 1.29 is 4.79 Å². The van der Waals surface area contributed by atoms with Gasteiger partial charge in [-0.05, 0) is 37.3 Å². The Morgan fingerprint density at radius 2 is 1.92 bits per heavy atom. The summed E-state index contributed by atoms with van der Waals surface area (Å²) in [6, 6.07) is 12.4. The van der Waals surface area contributed by atoms with E-state index >= 15 is 0 Å². The minimum Gasteiger partial charge on any atom is -0.337 e. The summed E-state index contributed by atoms with van der Waals surface area (Å²) in [5.41, 5.74) is 3.35. The molecule has 132 valence electrons. The van der Waals surface area contributed by atoms with Gasteiger partial charge >= 0.3 is 0 Å². The Bertz CT molecular complexity index is 717. The molecular weight excluding hydrogens is 330 g/mol. The van der Waals surface area contributed by atoms with Crippen LogP contribution in [0.4, 0.5) is 0 Å². The van der Waals surface area contributed by atoms with Crippen LogP contribution in [0.25, 0.3) is 0 Å². The maximum absolute atomic E-state index is 12.9. The molecule has 1 aromatic heterocycles. The van der Waals surface area contributed by atoms with Crippen LogP contribution in [0.3, 0.4) is 0 Å². The minimum absolute atomic E-state index is 0.106. The molecule has 1 fully saturated rings. The van der Waals surface area contributed by atoms with Gasteiger partial charge in [-0.25, -0.2) is 4.98 Å². The second-order valence-electron chi connectivity index (χ2n) is 6.47. The average Bonchev–Trinajstić information content (AvgIpc) is 2.88. The van der Waals surface area contributed by atoms with Gasteiger partial charge in [-0.15, -0.1) is 11.8 Å². The van der Waals surface area contributed by atoms with Gasteiger partial charge in [-0.2, -0.15) is 0 Å². The van der Waals surface area contributed by atoms with Crippen LogP contribution in [0.15, 0.2) is 47.6 Å². The van der Waals surface area contributed by atoms with Gasteiger partial charge in [0.1, 0.15) is 5.03 Å². The highest BCUT2D eigenvalue weighted by Gasteiger charge is 2.22. The van der Waals surface area contributed by atoms with Crippen molar-refractivity contribution in [3.8, 4) is 0 Å². The van der Waals surface area contributed by atoms with Gasteiger partial charge in [0, 0.05) is 38.9 Å². The van der Waals surface area contributed by atoms with Crippen LogP contribution in [-0.2, 0) is 6.54 Å². The van der Waals surface area contributed by atoms with E-state index in [0.29, 0.717) is 0 Å². The van der Waals surface area contributed by atoms with Gasteiger partial charge < -0.3 is 4.90 Å². The van der Waals surface area contributed by atoms with Crippen LogP contribution in [0.5, 0.6) is 0 Å². The molecule has 1 saturated heterocycles. The fraction of sp³-hybridized carbons (Fsp3) is 0.400. The number of carbonyl (C=O) groups excluding carboxylic acids is 1. The number of aromatic nitrogens is 1. The Morgan fingerprint density at radius 3 is 2.68 bits per heavy atom. The third kappa shape index (κ3) is 4.61. The van der Waals surface area contributed by atoms with Crippen molar-refractivity contribution in [3.63, 3.8) is 0 Å². The first-order chi connectivity index (χ1) is 12.2. The lowest BCUT2D eigenvalue weighted by Gasteiger charge is -2.22. The molecule has 25 heavy (non-hydrogen) atoms. The fourth-order valence-electron chi connectivity index (χ4n) is 3.17. The van der Waals surface area contributed by atoms with Gasteiger partial charge in [0.2, 0.25) is 0 Å². The Balaban J connectivity index is 1.63. The zero-order chi connectivity index (χ0) is 17.6. The van der Waals surface area contributed by atoms with E-state index in [2.05, 4.69) is 41.1 Å². The molecule has 5 heteroatoms. The number of thioether (sulfide) groups is 1. The molecule has 0 unspecified atom stereocenters. The van der Waals surface area contributed by atoms with Gasteiger partial charge in [0.15, 0.2) is 0 Å². The molecule has 3 rings (SSSR count). The highest BCUT2D eigenvalue weighted by molar-refractivity contribution is 7.98. The van der Waals surface area contributed by atoms with Crippen molar-refractivity contribution in [1.82, 2.24) is 14.8 Å². The molecule has 2 heterocycles. The lowest BCUT2D eigenvalue weighted by molar-refractivity contribution is 0.0757. The first-order valence-corrected chi connectivity index (χ1v) is 9.96. The lowest BCUT2D eigenvalue weighted by atomic mass is 10.1. The van der Waals surface area contributed by atoms with E-state index in [1.165, 1.54) is 22.9 Å². The summed E-state index contributed by atoms with van der Waals surface area (Å²) >= 11 is 1.53. The highest BCUT2D eigenvalue weighted by Crippen LogP contribution is 2.20. The predicted molar refractivity (Wildman–Crippen MR) is 103 cm³/mol. The van der Waals surface area contributed by atoms with Crippen LogP contribution >= 0.6 is 11.8 Å². The molecule has 0 bridgehead atoms. The van der Waals surface area contributed by atoms with Gasteiger partial charge in [-0.1, -0.05) is 29.8 Å². The first-order valence-electron chi connectivity index (χ1n) is 8.73. The van der Waals surface area contributed by atoms with E-state index in [9.17, 15) is 4.79 Å². The maximum atomic E-state index is 12.9. The zero-order valence-corrected chi connectivity index (χ0v) is 15.8. The molecule has 2 aromatic rings. The summed E-state index contributed by atoms with van der Waals surface area (Å²) in [7, 11) is 0. The first kappa shape index (κ1) is 18.0. The third-order valence-electron chi connectivity index (χ3n) is 4.60. The van der Waals surface area contributed by atoms with Gasteiger partial charge in [0.25, 0.3) is 5.91 Å². The number of hydrogen-bond acceptors (Lipinski definition) is 4. The Labute approximate surface area is 154 Å². The van der Waals surface area contributed by atoms with Crippen LogP contribution in [0.2, 0.25) is 0 Å². The molecule has 0 radical (unpaired) electrons. The van der Waals surface area contributed by atoms with Crippen LogP contribution < -0.4 is 0 Å². The lowest BCUT2D eigenvalue weighted by Crippen LogP contribution is -2.35. The van der Waals surface area contributed by atoms with Crippen molar-refractivity contribution in [1.29, 1.82) is 0 Å². The number of nitrogens with zero attached hydrogens (tertiary/aromatic N) is 3. The monoisotopic (exact) mass is 355 g/mol. The fourth-order valence-corrected chi connectivity index (χ4v) is 3.71. The molecule has 0 N–H and O–H groups in total. The largest absolute Gasteiger partial charge is 0.337 e. The molecule has 0 spiro atoms. The van der Waals surface area contributed by atoms with Crippen molar-refractivity contribution in [2.24, 2.45) is 0 Å². The SMILES string of the molecule is CSc1ncccc1C(=O)N1CCCN(Cc2ccc(C)cc2)CC1. The van der Waals surface area contributed by atoms with E-state index in [0.717, 1.165) is 49.7 Å². The predicted octanol–water partition coefficient (Wildman–Crippen LogP) is 3.46. The number of carbonyl (C=O) groups is 1. The summed E-state index contributed by atoms with van der Waals surface area (Å²) < 4.78 is 0. The van der Waals surface area contributed by atoms with E-state index in [-0.39, 0.29) is 5.91 Å². The van der Waals surface area contributed by atoms with E-state index in [1.54, 1.807) is 6.20 Å². The Kier molecular flexibility index (Phi) is 6.10. The number of amides is 1. The molecule has 4 nitrogen and oxygen atoms in total. The highest BCUT2D eigenvalue weighted by atomic mass is 32.2. The number of pyridine rings is 1. The second kappa shape index (κ2) is 8.50. The number of rotatable bonds is 4. The molecule has 1 aliphatic heterocycles. The summed E-state index contributed by atoms with van der Waals surface area (Å²) in [5, 5.41) is 0.813. The molecule has 1 aliphatic rings. The third-order valence-corrected chi connectivity index (χ3v) is 5.31. The van der Waals surface area contributed by atoms with Crippen LogP contribution in [-0.4, -0.2) is 53.1 Å². The molecule has 0 aliphatic carbocycles. The smallest absolute Gasteiger partial charge is 0.256 e. The number of hydrogen-bond donors (Lipinski definition) is 0. The number of benzene rings is 1. The van der Waals surface area contributed by atoms with E-state index < -0.39 is 0 Å². The standard InChI is InChI=1S/C20H25N3OS/c1-16-6-8-17(9-7-16)15-22-11-4-12-23(14-13-22)20(24)18-5-3-10-21-19(18)25-2/h3,5-10H,4,11-15H2,1-2H3. The summed E-state index contributed by atoms with van der Waals surface area (Å²) in [6.45, 7) is 6.58. The van der Waals surface area contributed by atoms with Crippen LogP contribution in [0, 0.1) is 6.92 Å². The van der Waals surface area contributed by atoms with E-state index in [1.807, 2.05) is 23.3 Å². The molecule has 1 aromatic carbocycles. The topological polar surface area (TPSA) is 36.4 Å². The molecular formula is C20H25N3OS. The molecule has 0 saturated carbocycles. The Hall–Kier alpha value is -1.85. The normalized spacial score (nSPS) is 15.8. The summed E-state index contributed by atoms with van der Waals surface area (Å²) in [5.74, 6) is 0.106. The van der Waals surface area contributed by atoms with Crippen molar-refractivity contribution in [2.75, 3.05) is 32.4 Å². The summed E-state index contributed by atoms with van der Waals surface area (Å²) in [6.07, 6.45) is 4.71. The maximum Gasteiger partial charge on any atom is 0.256 e. The van der Waals surface area contributed by atoms with Gasteiger partial charge in [-0.3, -0.25) is 9.69 Å². The quantitative estimate of drug-likeness (QED) is 0.787. The summed E-state index contributed by atoms with van der Waals surface area (Å²) in [4.78, 5) is 21.6. The average molecular weight is 356 g/mol. The molecule has 0 atom stereocenters. The second-order valence-corrected chi connectivity index (χ2v) is 7.26. The minimum atomic E-state index is 0.106. The van der Waals surface area contributed by atoms with Gasteiger partial charge in [0.05, 0.1) is 5.56 Å². The van der Waals surface area contributed by atoms with E-state index in [4.69, 9.17) is 0 Å². The van der Waals surface area contributed by atoms with Crippen molar-refractivity contribution >= 4 is 17.7 Å². The van der Waals surface area contributed by atoms with Crippen LogP contribution in [0.1, 0.15) is 27.9 Å². The number of aryl methyl sites for hydroxylation is 1.